The predicted molar refractivity (Wildman–Crippen MR) is 201 cm³/mol. The lowest BCUT2D eigenvalue weighted by Crippen LogP contribution is -2.46. The van der Waals surface area contributed by atoms with Crippen LogP contribution in [-0.2, 0) is 21.7 Å². The first-order valence-corrected chi connectivity index (χ1v) is 18.9. The van der Waals surface area contributed by atoms with Crippen molar-refractivity contribution in [2.24, 2.45) is 11.8 Å². The normalized spacial score (nSPS) is 18.4. The van der Waals surface area contributed by atoms with E-state index in [0.717, 1.165) is 83.2 Å². The summed E-state index contributed by atoms with van der Waals surface area (Å²) in [4.78, 5) is 30.3. The lowest BCUT2D eigenvalue weighted by atomic mass is 9.73. The molecule has 2 heterocycles. The Hall–Kier alpha value is -4.22. The van der Waals surface area contributed by atoms with E-state index >= 15 is 0 Å². The summed E-state index contributed by atoms with van der Waals surface area (Å²) in [6.45, 7) is 5.27. The van der Waals surface area contributed by atoms with Gasteiger partial charge in [0.15, 0.2) is 5.60 Å². The highest BCUT2D eigenvalue weighted by Crippen LogP contribution is 2.40. The van der Waals surface area contributed by atoms with Crippen molar-refractivity contribution < 1.29 is 29.6 Å². The molecule has 3 atom stereocenters. The van der Waals surface area contributed by atoms with Crippen LogP contribution in [-0.4, -0.2) is 63.6 Å². The Morgan fingerprint density at radius 2 is 1.69 bits per heavy atom. The number of hydrogen-bond donors (Lipinski definition) is 5. The molecular weight excluding hydrogens is 658 g/mol. The van der Waals surface area contributed by atoms with Crippen LogP contribution in [0.5, 0.6) is 11.5 Å². The number of fused-ring (bicyclic) bond motifs is 1. The number of aromatic nitrogens is 1. The summed E-state index contributed by atoms with van der Waals surface area (Å²) in [5.74, 6) is 0.330. The Morgan fingerprint density at radius 3 is 2.40 bits per heavy atom. The van der Waals surface area contributed by atoms with Gasteiger partial charge in [0.1, 0.15) is 17.7 Å². The number of pyridine rings is 1. The van der Waals surface area contributed by atoms with Gasteiger partial charge in [-0.05, 0) is 92.1 Å². The molecule has 1 aliphatic heterocycles. The lowest BCUT2D eigenvalue weighted by Gasteiger charge is -2.37. The molecule has 6 rings (SSSR count). The largest absolute Gasteiger partial charge is 0.506 e. The number of aliphatic hydroxyl groups excluding tert-OH is 1. The van der Waals surface area contributed by atoms with Gasteiger partial charge in [-0.3, -0.25) is 15.0 Å². The van der Waals surface area contributed by atoms with Crippen LogP contribution in [0.1, 0.15) is 87.5 Å². The average molecular weight is 712 g/mol. The Morgan fingerprint density at radius 1 is 0.962 bits per heavy atom. The molecule has 0 bridgehead atoms. The minimum atomic E-state index is -1.60. The molecule has 1 saturated heterocycles. The maximum absolute atomic E-state index is 13.5. The third-order valence-corrected chi connectivity index (χ3v) is 10.8. The molecule has 2 fully saturated rings. The summed E-state index contributed by atoms with van der Waals surface area (Å²) in [6, 6.07) is 23.6. The van der Waals surface area contributed by atoms with E-state index in [1.54, 1.807) is 12.1 Å². The topological polar surface area (TPSA) is 144 Å². The quantitative estimate of drug-likeness (QED) is 0.0711. The fraction of sp³-hybridized carbons (Fsp3) is 0.476. The summed E-state index contributed by atoms with van der Waals surface area (Å²) < 4.78 is 12.2. The van der Waals surface area contributed by atoms with Crippen molar-refractivity contribution in [3.63, 3.8) is 0 Å². The van der Waals surface area contributed by atoms with E-state index in [4.69, 9.17) is 9.47 Å². The highest BCUT2D eigenvalue weighted by Gasteiger charge is 2.47. The molecule has 2 unspecified atom stereocenters. The van der Waals surface area contributed by atoms with Gasteiger partial charge in [-0.2, -0.15) is 0 Å². The van der Waals surface area contributed by atoms with Gasteiger partial charge in [0, 0.05) is 30.5 Å². The van der Waals surface area contributed by atoms with Gasteiger partial charge in [-0.15, -0.1) is 0 Å². The number of nitrogens with one attached hydrogen (secondary N) is 2. The molecule has 4 aromatic rings. The minimum Gasteiger partial charge on any atom is -0.506 e. The van der Waals surface area contributed by atoms with Gasteiger partial charge >= 0.3 is 5.97 Å². The third-order valence-electron chi connectivity index (χ3n) is 10.8. The number of phenolic OH excluding ortho intramolecular Hbond substituents is 1. The maximum Gasteiger partial charge on any atom is 0.343 e. The number of rotatable bonds is 15. The number of H-pyrrole nitrogens is 1. The number of benzene rings is 3. The third kappa shape index (κ3) is 9.04. The minimum absolute atomic E-state index is 0.0435. The van der Waals surface area contributed by atoms with Crippen molar-refractivity contribution in [2.75, 3.05) is 26.2 Å². The van der Waals surface area contributed by atoms with Crippen LogP contribution in [0.15, 0.2) is 83.7 Å². The molecule has 1 aromatic heterocycles. The molecule has 1 saturated carbocycles. The zero-order chi connectivity index (χ0) is 36.5. The van der Waals surface area contributed by atoms with Crippen LogP contribution in [0, 0.1) is 11.8 Å². The van der Waals surface area contributed by atoms with E-state index in [0.29, 0.717) is 28.6 Å². The second kappa shape index (κ2) is 17.5. The number of hydrogen-bond acceptors (Lipinski definition) is 9. The molecule has 1 aliphatic carbocycles. The van der Waals surface area contributed by atoms with Crippen LogP contribution in [0.4, 0.5) is 0 Å². The number of nitrogens with zero attached hydrogens (tertiary/aromatic N) is 1. The highest BCUT2D eigenvalue weighted by molar-refractivity contribution is 5.87. The number of piperidine rings is 1. The van der Waals surface area contributed by atoms with E-state index in [1.165, 1.54) is 17.7 Å². The molecule has 10 heteroatoms. The van der Waals surface area contributed by atoms with Crippen molar-refractivity contribution in [3.8, 4) is 11.5 Å². The lowest BCUT2D eigenvalue weighted by molar-refractivity contribution is -0.177. The van der Waals surface area contributed by atoms with Crippen LogP contribution >= 0.6 is 0 Å². The fourth-order valence-electron chi connectivity index (χ4n) is 7.81. The van der Waals surface area contributed by atoms with Crippen LogP contribution in [0.2, 0.25) is 0 Å². The Kier molecular flexibility index (Phi) is 12.7. The monoisotopic (exact) mass is 711 g/mol. The molecule has 0 spiro atoms. The van der Waals surface area contributed by atoms with Crippen molar-refractivity contribution >= 4 is 16.9 Å². The molecule has 0 amide bonds. The molecule has 0 radical (unpaired) electrons. The van der Waals surface area contributed by atoms with Gasteiger partial charge in [0.25, 0.3) is 0 Å². The fourth-order valence-corrected chi connectivity index (χ4v) is 7.81. The van der Waals surface area contributed by atoms with Crippen molar-refractivity contribution in [3.05, 3.63) is 106 Å². The summed E-state index contributed by atoms with van der Waals surface area (Å²) >= 11 is 0. The van der Waals surface area contributed by atoms with Gasteiger partial charge in [0.05, 0.1) is 18.2 Å². The van der Waals surface area contributed by atoms with Gasteiger partial charge in [-0.25, -0.2) is 4.79 Å². The van der Waals surface area contributed by atoms with Crippen LogP contribution < -0.4 is 15.6 Å². The number of aromatic amines is 1. The smallest absolute Gasteiger partial charge is 0.343 e. The zero-order valence-electron chi connectivity index (χ0n) is 30.1. The van der Waals surface area contributed by atoms with E-state index in [9.17, 15) is 24.9 Å². The van der Waals surface area contributed by atoms with E-state index in [2.05, 4.69) is 34.3 Å². The molecule has 278 valence electrons. The number of aromatic hydroxyl groups is 1. The molecule has 2 aliphatic rings. The predicted octanol–water partition coefficient (Wildman–Crippen LogP) is 6.29. The van der Waals surface area contributed by atoms with Crippen molar-refractivity contribution in [1.29, 1.82) is 0 Å². The SMILES string of the molecule is CCCC(NC[C@H](O)c1ccc(O)c2[nH]c(=O)ccc12)Oc1ccc(CN2CCC(COC(=O)C(O)(c3ccccc3)C3CCCCC3)CC2)cc1. The number of carbonyl (C=O) groups excluding carboxylic acids is 1. The second-order valence-electron chi connectivity index (χ2n) is 14.5. The summed E-state index contributed by atoms with van der Waals surface area (Å²) in [5.41, 5.74) is 0.806. The van der Waals surface area contributed by atoms with Gasteiger partial charge in [0.2, 0.25) is 5.56 Å². The number of carbonyl (C=O) groups is 1. The highest BCUT2D eigenvalue weighted by atomic mass is 16.6. The standard InChI is InChI=1S/C42H53N3O7/c1-2-9-39(43-26-37(47)34-18-20-36(46)40-35(34)19-21-38(48)44-40)52-33-16-14-29(15-17-33)27-45-24-22-30(23-25-45)28-51-41(49)42(50,31-10-5-3-6-11-31)32-12-7-4-8-13-32/h3,5-6,10-11,14-21,30,32,37,39,43,46-47,50H,2,4,7-9,12-13,22-28H2,1H3,(H,44,48)/t37-,39?,42?/m0/s1. The maximum atomic E-state index is 13.5. The first kappa shape index (κ1) is 37.5. The van der Waals surface area contributed by atoms with E-state index in [1.807, 2.05) is 42.5 Å². The number of likely N-dealkylation sites (tertiary alicyclic amines) is 1. The van der Waals surface area contributed by atoms with Crippen LogP contribution in [0.3, 0.4) is 0 Å². The molecule has 52 heavy (non-hydrogen) atoms. The van der Waals surface area contributed by atoms with Crippen molar-refractivity contribution in [1.82, 2.24) is 15.2 Å². The first-order chi connectivity index (χ1) is 25.2. The molecule has 3 aromatic carbocycles. The number of phenols is 1. The summed E-state index contributed by atoms with van der Waals surface area (Å²) in [5, 5.41) is 37.0. The average Bonchev–Trinajstić information content (AvgIpc) is 3.18. The zero-order valence-corrected chi connectivity index (χ0v) is 30.1. The Labute approximate surface area is 305 Å². The van der Waals surface area contributed by atoms with E-state index in [-0.39, 0.29) is 35.9 Å². The Balaban J connectivity index is 0.965. The van der Waals surface area contributed by atoms with Gasteiger partial charge in [-0.1, -0.05) is 81.1 Å². The Bertz CT molecular complexity index is 1800. The van der Waals surface area contributed by atoms with E-state index < -0.39 is 17.7 Å². The molecule has 5 N–H and O–H groups in total. The van der Waals surface area contributed by atoms with Crippen LogP contribution in [0.25, 0.3) is 10.9 Å². The second-order valence-corrected chi connectivity index (χ2v) is 14.5. The first-order valence-electron chi connectivity index (χ1n) is 18.9. The molecular formula is C42H53N3O7. The molecule has 10 nitrogen and oxygen atoms in total. The van der Waals surface area contributed by atoms with Crippen molar-refractivity contribution in [2.45, 2.75) is 89.2 Å². The number of esters is 1. The summed E-state index contributed by atoms with van der Waals surface area (Å²) in [6.07, 6.45) is 7.15. The van der Waals surface area contributed by atoms with Gasteiger partial charge < -0.3 is 29.8 Å². The number of ether oxygens (including phenoxy) is 2. The number of aliphatic hydroxyl groups is 2. The summed E-state index contributed by atoms with van der Waals surface area (Å²) in [7, 11) is 0.